The number of nitrogens with one attached hydrogen (secondary N) is 1. The molecule has 5 heteroatoms. The summed E-state index contributed by atoms with van der Waals surface area (Å²) in [7, 11) is 0. The van der Waals surface area contributed by atoms with Crippen LogP contribution in [0.1, 0.15) is 72.6 Å². The molecule has 0 bridgehead atoms. The van der Waals surface area contributed by atoms with Gasteiger partial charge in [0.15, 0.2) is 0 Å². The zero-order valence-electron chi connectivity index (χ0n) is 19.1. The summed E-state index contributed by atoms with van der Waals surface area (Å²) < 4.78 is 5.61. The predicted octanol–water partition coefficient (Wildman–Crippen LogP) is 4.94. The lowest BCUT2D eigenvalue weighted by Gasteiger charge is -2.39. The van der Waals surface area contributed by atoms with Gasteiger partial charge in [-0.1, -0.05) is 34.1 Å². The number of amides is 2. The molecule has 1 atom stereocenters. The fourth-order valence-corrected chi connectivity index (χ4v) is 4.70. The second-order valence-corrected chi connectivity index (χ2v) is 9.65. The number of carbonyl (C=O) groups is 2. The molecule has 2 aliphatic rings. The molecule has 2 amide bonds. The Labute approximate surface area is 181 Å². The third-order valence-electron chi connectivity index (χ3n) is 7.21. The summed E-state index contributed by atoms with van der Waals surface area (Å²) in [4.78, 5) is 27.1. The second-order valence-electron chi connectivity index (χ2n) is 9.65. The van der Waals surface area contributed by atoms with E-state index in [4.69, 9.17) is 4.74 Å². The van der Waals surface area contributed by atoms with Crippen LogP contribution in [0.15, 0.2) is 24.3 Å². The van der Waals surface area contributed by atoms with E-state index >= 15 is 0 Å². The van der Waals surface area contributed by atoms with Crippen LogP contribution < -0.4 is 15.0 Å². The van der Waals surface area contributed by atoms with Crippen LogP contribution in [0.3, 0.4) is 0 Å². The van der Waals surface area contributed by atoms with E-state index in [0.29, 0.717) is 18.6 Å². The van der Waals surface area contributed by atoms with Crippen molar-refractivity contribution in [2.24, 2.45) is 17.3 Å². The molecular formula is C25H38N2O3. The minimum atomic E-state index is -0.265. The summed E-state index contributed by atoms with van der Waals surface area (Å²) in [5.74, 6) is 1.34. The van der Waals surface area contributed by atoms with E-state index < -0.39 is 0 Å². The predicted molar refractivity (Wildman–Crippen MR) is 121 cm³/mol. The van der Waals surface area contributed by atoms with E-state index in [0.717, 1.165) is 36.6 Å². The quantitative estimate of drug-likeness (QED) is 0.655. The maximum atomic E-state index is 12.8. The smallest absolute Gasteiger partial charge is 0.227 e. The van der Waals surface area contributed by atoms with E-state index in [1.807, 2.05) is 24.3 Å². The van der Waals surface area contributed by atoms with Gasteiger partial charge in [-0.3, -0.25) is 9.59 Å². The van der Waals surface area contributed by atoms with Gasteiger partial charge in [-0.25, -0.2) is 0 Å². The lowest BCUT2D eigenvalue weighted by atomic mass is 9.69. The van der Waals surface area contributed by atoms with Crippen molar-refractivity contribution in [3.63, 3.8) is 0 Å². The number of hydrogen-bond donors (Lipinski definition) is 1. The lowest BCUT2D eigenvalue weighted by Crippen LogP contribution is -2.43. The first-order valence-corrected chi connectivity index (χ1v) is 11.7. The van der Waals surface area contributed by atoms with Gasteiger partial charge in [0, 0.05) is 24.7 Å². The van der Waals surface area contributed by atoms with E-state index in [1.165, 1.54) is 19.3 Å². The minimum Gasteiger partial charge on any atom is -0.494 e. The van der Waals surface area contributed by atoms with E-state index in [1.54, 1.807) is 4.90 Å². The highest BCUT2D eigenvalue weighted by molar-refractivity contribution is 6.00. The van der Waals surface area contributed by atoms with Crippen molar-refractivity contribution < 1.29 is 14.3 Å². The molecule has 0 aromatic heterocycles. The fraction of sp³-hybridized carbons (Fsp3) is 0.680. The van der Waals surface area contributed by atoms with Gasteiger partial charge < -0.3 is 15.0 Å². The topological polar surface area (TPSA) is 58.6 Å². The summed E-state index contributed by atoms with van der Waals surface area (Å²) in [5, 5.41) is 3.24. The van der Waals surface area contributed by atoms with Crippen LogP contribution in [0.2, 0.25) is 0 Å². The molecule has 166 valence electrons. The molecule has 0 spiro atoms. The Morgan fingerprint density at radius 1 is 1.13 bits per heavy atom. The van der Waals surface area contributed by atoms with Gasteiger partial charge in [0.05, 0.1) is 12.5 Å². The molecule has 1 saturated carbocycles. The highest BCUT2D eigenvalue weighted by Gasteiger charge is 2.37. The molecule has 30 heavy (non-hydrogen) atoms. The first kappa shape index (κ1) is 22.6. The van der Waals surface area contributed by atoms with Gasteiger partial charge in [-0.05, 0) is 67.7 Å². The van der Waals surface area contributed by atoms with Crippen molar-refractivity contribution in [2.45, 2.75) is 78.7 Å². The first-order chi connectivity index (χ1) is 14.3. The molecule has 5 nitrogen and oxygen atoms in total. The van der Waals surface area contributed by atoms with E-state index in [2.05, 4.69) is 33.0 Å². The number of rotatable bonds is 8. The maximum absolute atomic E-state index is 12.8. The molecule has 1 N–H and O–H groups in total. The van der Waals surface area contributed by atoms with Gasteiger partial charge in [0.2, 0.25) is 11.8 Å². The summed E-state index contributed by atoms with van der Waals surface area (Å²) in [6, 6.07) is 7.84. The Bertz CT molecular complexity index is 720. The Kier molecular flexibility index (Phi) is 7.43. The average molecular weight is 415 g/mol. The molecule has 0 radical (unpaired) electrons. The van der Waals surface area contributed by atoms with Gasteiger partial charge in [0.25, 0.3) is 0 Å². The number of nitrogens with zero attached hydrogens (tertiary/aromatic N) is 1. The molecule has 0 unspecified atom stereocenters. The molecule has 1 aliphatic carbocycles. The third-order valence-corrected chi connectivity index (χ3v) is 7.21. The van der Waals surface area contributed by atoms with Gasteiger partial charge in [-0.2, -0.15) is 0 Å². The monoisotopic (exact) mass is 414 g/mol. The zero-order valence-corrected chi connectivity index (χ0v) is 19.1. The highest BCUT2D eigenvalue weighted by atomic mass is 16.5. The lowest BCUT2D eigenvalue weighted by molar-refractivity contribution is -0.127. The van der Waals surface area contributed by atoms with Crippen molar-refractivity contribution in [2.75, 3.05) is 18.1 Å². The maximum Gasteiger partial charge on any atom is 0.227 e. The van der Waals surface area contributed by atoms with Crippen LogP contribution in [-0.4, -0.2) is 31.0 Å². The van der Waals surface area contributed by atoms with Gasteiger partial charge >= 0.3 is 0 Å². The van der Waals surface area contributed by atoms with Crippen molar-refractivity contribution in [1.29, 1.82) is 0 Å². The van der Waals surface area contributed by atoms with Crippen LogP contribution in [0.5, 0.6) is 5.75 Å². The van der Waals surface area contributed by atoms with Crippen LogP contribution in [-0.2, 0) is 9.59 Å². The summed E-state index contributed by atoms with van der Waals surface area (Å²) in [6.07, 6.45) is 6.88. The third kappa shape index (κ3) is 5.35. The SMILES string of the molecule is CCCOc1ccc(N2C[C@@H](C(=O)NC3CCC(C(C)(C)CC)CC3)CC2=O)cc1. The molecule has 1 saturated heterocycles. The molecule has 2 fully saturated rings. The van der Waals surface area contributed by atoms with E-state index in [9.17, 15) is 9.59 Å². The Morgan fingerprint density at radius 2 is 1.80 bits per heavy atom. The van der Waals surface area contributed by atoms with Crippen molar-refractivity contribution >= 4 is 17.5 Å². The van der Waals surface area contributed by atoms with Crippen LogP contribution in [0, 0.1) is 17.3 Å². The zero-order chi connectivity index (χ0) is 21.7. The molecule has 1 aromatic carbocycles. The standard InChI is InChI=1S/C25H38N2O3/c1-5-15-30-22-13-11-21(12-14-22)27-17-18(16-23(27)28)24(29)26-20-9-7-19(8-10-20)25(3,4)6-2/h11-14,18-20H,5-10,15-17H2,1-4H3,(H,26,29)/t18-,19?,20?/m0/s1. The molecule has 3 rings (SSSR count). The summed E-state index contributed by atoms with van der Waals surface area (Å²) in [5.41, 5.74) is 1.21. The fourth-order valence-electron chi connectivity index (χ4n) is 4.70. The number of benzene rings is 1. The Balaban J connectivity index is 1.51. The minimum absolute atomic E-state index is 0.0192. The Hall–Kier alpha value is -2.04. The molecular weight excluding hydrogens is 376 g/mol. The van der Waals surface area contributed by atoms with Crippen LogP contribution in [0.25, 0.3) is 0 Å². The average Bonchev–Trinajstić information content (AvgIpc) is 3.15. The summed E-state index contributed by atoms with van der Waals surface area (Å²) >= 11 is 0. The van der Waals surface area contributed by atoms with Crippen LogP contribution in [0.4, 0.5) is 5.69 Å². The van der Waals surface area contributed by atoms with Crippen molar-refractivity contribution in [3.05, 3.63) is 24.3 Å². The number of carbonyl (C=O) groups excluding carboxylic acids is 2. The van der Waals surface area contributed by atoms with Crippen LogP contribution >= 0.6 is 0 Å². The number of ether oxygens (including phenoxy) is 1. The van der Waals surface area contributed by atoms with E-state index in [-0.39, 0.29) is 30.2 Å². The molecule has 1 aromatic rings. The highest BCUT2D eigenvalue weighted by Crippen LogP contribution is 2.40. The molecule has 1 aliphatic heterocycles. The number of anilines is 1. The summed E-state index contributed by atoms with van der Waals surface area (Å²) in [6.45, 7) is 10.2. The Morgan fingerprint density at radius 3 is 2.40 bits per heavy atom. The van der Waals surface area contributed by atoms with Gasteiger partial charge in [-0.15, -0.1) is 0 Å². The van der Waals surface area contributed by atoms with Crippen molar-refractivity contribution in [1.82, 2.24) is 5.32 Å². The molecule has 1 heterocycles. The largest absolute Gasteiger partial charge is 0.494 e. The van der Waals surface area contributed by atoms with Crippen molar-refractivity contribution in [3.8, 4) is 5.75 Å². The first-order valence-electron chi connectivity index (χ1n) is 11.7. The van der Waals surface area contributed by atoms with Gasteiger partial charge in [0.1, 0.15) is 5.75 Å². The normalized spacial score (nSPS) is 24.7. The second kappa shape index (κ2) is 9.84. The number of hydrogen-bond acceptors (Lipinski definition) is 3.